The summed E-state index contributed by atoms with van der Waals surface area (Å²) in [4.78, 5) is 15.7. The van der Waals surface area contributed by atoms with E-state index in [1.165, 1.54) is 6.92 Å². The van der Waals surface area contributed by atoms with Crippen LogP contribution in [-0.4, -0.2) is 44.1 Å². The van der Waals surface area contributed by atoms with Gasteiger partial charge in [-0.25, -0.2) is 4.79 Å². The normalized spacial score (nSPS) is 13.9. The second-order valence-corrected chi connectivity index (χ2v) is 5.37. The van der Waals surface area contributed by atoms with E-state index in [1.54, 1.807) is 0 Å². The number of esters is 1. The number of aryl methyl sites for hydroxylation is 1. The Kier molecular flexibility index (Phi) is 6.71. The van der Waals surface area contributed by atoms with Gasteiger partial charge in [0, 0.05) is 5.56 Å². The third kappa shape index (κ3) is 4.34. The summed E-state index contributed by atoms with van der Waals surface area (Å²) in [6.07, 6.45) is -6.95. The first-order valence-electron chi connectivity index (χ1n) is 7.23. The first-order valence-corrected chi connectivity index (χ1v) is 7.23. The van der Waals surface area contributed by atoms with Gasteiger partial charge < -0.3 is 14.3 Å². The zero-order valence-electron chi connectivity index (χ0n) is 14.7. The fraction of sp³-hybridized carbons (Fsp3) is 0.467. The molecule has 0 aliphatic heterocycles. The molecule has 29 heavy (non-hydrogen) atoms. The van der Waals surface area contributed by atoms with Crippen LogP contribution < -0.4 is 4.74 Å². The quantitative estimate of drug-likeness (QED) is 0.223. The maximum absolute atomic E-state index is 14.0. The van der Waals surface area contributed by atoms with Gasteiger partial charge in [0.05, 0.1) is 7.11 Å². The van der Waals surface area contributed by atoms with E-state index in [-0.39, 0.29) is 17.7 Å². The van der Waals surface area contributed by atoms with E-state index in [0.29, 0.717) is 6.07 Å². The Morgan fingerprint density at radius 1 is 0.931 bits per heavy atom. The first-order chi connectivity index (χ1) is 13.0. The molecular formula is C15H12F9NO4. The van der Waals surface area contributed by atoms with Crippen LogP contribution in [0.4, 0.5) is 39.5 Å². The Morgan fingerprint density at radius 3 is 1.93 bits per heavy atom. The number of hydrogen-bond donors (Lipinski definition) is 0. The van der Waals surface area contributed by atoms with Gasteiger partial charge in [-0.1, -0.05) is 12.1 Å². The molecule has 0 radical (unpaired) electrons. The number of benzene rings is 1. The van der Waals surface area contributed by atoms with Crippen LogP contribution >= 0.6 is 0 Å². The van der Waals surface area contributed by atoms with Gasteiger partial charge in [-0.2, -0.15) is 39.5 Å². The Balaban J connectivity index is 3.48. The topological polar surface area (TPSA) is 57.1 Å². The van der Waals surface area contributed by atoms with Crippen molar-refractivity contribution in [1.29, 1.82) is 0 Å². The second-order valence-electron chi connectivity index (χ2n) is 5.37. The highest BCUT2D eigenvalue weighted by atomic mass is 19.4. The molecule has 1 aromatic carbocycles. The summed E-state index contributed by atoms with van der Waals surface area (Å²) in [6.45, 7) is 1.17. The SMILES string of the molecule is CON=C(Oc1cc(C(F)(F)C(F)(F)C(F)(F)C(F)(F)F)ccc1C)C(=O)OC. The zero-order valence-corrected chi connectivity index (χ0v) is 14.7. The van der Waals surface area contributed by atoms with Crippen molar-refractivity contribution in [3.63, 3.8) is 0 Å². The summed E-state index contributed by atoms with van der Waals surface area (Å²) in [5.41, 5.74) is -2.03. The molecule has 0 saturated carbocycles. The number of nitrogens with zero attached hydrogens (tertiary/aromatic N) is 1. The van der Waals surface area contributed by atoms with Gasteiger partial charge >= 0.3 is 35.8 Å². The average molecular weight is 441 g/mol. The average Bonchev–Trinajstić information content (AvgIpc) is 2.60. The van der Waals surface area contributed by atoms with Crippen molar-refractivity contribution in [2.45, 2.75) is 30.9 Å². The monoisotopic (exact) mass is 441 g/mol. The number of alkyl halides is 9. The van der Waals surface area contributed by atoms with E-state index in [0.717, 1.165) is 14.2 Å². The summed E-state index contributed by atoms with van der Waals surface area (Å²) >= 11 is 0. The van der Waals surface area contributed by atoms with Crippen molar-refractivity contribution >= 4 is 11.9 Å². The second kappa shape index (κ2) is 7.99. The minimum absolute atomic E-state index is 0.0593. The molecule has 0 aliphatic carbocycles. The molecule has 0 spiro atoms. The summed E-state index contributed by atoms with van der Waals surface area (Å²) in [5.74, 6) is -23.0. The van der Waals surface area contributed by atoms with E-state index >= 15 is 0 Å². The van der Waals surface area contributed by atoms with E-state index in [2.05, 4.69) is 14.7 Å². The van der Waals surface area contributed by atoms with Gasteiger partial charge in [0.25, 0.3) is 0 Å². The molecule has 0 bridgehead atoms. The molecule has 0 aliphatic rings. The molecule has 0 saturated heterocycles. The molecule has 0 N–H and O–H groups in total. The molecule has 0 heterocycles. The molecule has 5 nitrogen and oxygen atoms in total. The van der Waals surface area contributed by atoms with Crippen molar-refractivity contribution in [3.05, 3.63) is 29.3 Å². The summed E-state index contributed by atoms with van der Waals surface area (Å²) in [5, 5.41) is 3.06. The van der Waals surface area contributed by atoms with E-state index in [9.17, 15) is 44.3 Å². The summed E-state index contributed by atoms with van der Waals surface area (Å²) in [6, 6.07) is 0.930. The van der Waals surface area contributed by atoms with Gasteiger partial charge in [-0.3, -0.25) is 0 Å². The number of carbonyl (C=O) groups excluding carboxylic acids is 1. The Hall–Kier alpha value is -2.67. The number of halogens is 9. The lowest BCUT2D eigenvalue weighted by atomic mass is 9.95. The Bertz CT molecular complexity index is 790. The highest BCUT2D eigenvalue weighted by Gasteiger charge is 2.82. The summed E-state index contributed by atoms with van der Waals surface area (Å²) < 4.78 is 127. The Morgan fingerprint density at radius 2 is 1.48 bits per heavy atom. The van der Waals surface area contributed by atoms with Crippen molar-refractivity contribution in [3.8, 4) is 5.75 Å². The molecule has 0 unspecified atom stereocenters. The number of rotatable bonds is 5. The van der Waals surface area contributed by atoms with Crippen LogP contribution in [0.5, 0.6) is 5.75 Å². The van der Waals surface area contributed by atoms with Crippen molar-refractivity contribution < 1.29 is 58.6 Å². The third-order valence-corrected chi connectivity index (χ3v) is 3.44. The molecule has 164 valence electrons. The zero-order chi connectivity index (χ0) is 22.8. The molecule has 14 heteroatoms. The maximum Gasteiger partial charge on any atom is 0.460 e. The Labute approximate surface area is 157 Å². The molecule has 1 aromatic rings. The minimum Gasteiger partial charge on any atom is -0.462 e. The van der Waals surface area contributed by atoms with Crippen LogP contribution in [0.2, 0.25) is 0 Å². The minimum atomic E-state index is -7.05. The van der Waals surface area contributed by atoms with Crippen molar-refractivity contribution in [2.75, 3.05) is 14.2 Å². The third-order valence-electron chi connectivity index (χ3n) is 3.44. The molecular weight excluding hydrogens is 429 g/mol. The smallest absolute Gasteiger partial charge is 0.460 e. The van der Waals surface area contributed by atoms with Crippen LogP contribution in [0.1, 0.15) is 11.1 Å². The molecule has 0 aromatic heterocycles. The van der Waals surface area contributed by atoms with Gasteiger partial charge in [-0.05, 0) is 23.7 Å². The first kappa shape index (κ1) is 24.4. The lowest BCUT2D eigenvalue weighted by Gasteiger charge is -2.34. The standard InChI is InChI=1S/C15H12F9NO4/c1-7-4-5-8(6-9(7)29-10(25-28-3)11(26)27-2)12(16,17)13(18,19)14(20,21)15(22,23)24/h4-6H,1-3H3. The highest BCUT2D eigenvalue weighted by Crippen LogP contribution is 2.56. The molecule has 0 atom stereocenters. The van der Waals surface area contributed by atoms with Crippen LogP contribution in [0.25, 0.3) is 0 Å². The lowest BCUT2D eigenvalue weighted by Crippen LogP contribution is -2.59. The molecule has 1 rings (SSSR count). The summed E-state index contributed by atoms with van der Waals surface area (Å²) in [7, 11) is 1.82. The van der Waals surface area contributed by atoms with Crippen LogP contribution in [0, 0.1) is 6.92 Å². The number of oxime groups is 1. The predicted molar refractivity (Wildman–Crippen MR) is 78.1 cm³/mol. The number of methoxy groups -OCH3 is 1. The van der Waals surface area contributed by atoms with Gasteiger partial charge in [-0.15, -0.1) is 0 Å². The van der Waals surface area contributed by atoms with Crippen molar-refractivity contribution in [2.24, 2.45) is 5.16 Å². The van der Waals surface area contributed by atoms with E-state index in [1.807, 2.05) is 0 Å². The molecule has 0 amide bonds. The van der Waals surface area contributed by atoms with Crippen molar-refractivity contribution in [1.82, 2.24) is 0 Å². The van der Waals surface area contributed by atoms with E-state index < -0.39 is 47.1 Å². The van der Waals surface area contributed by atoms with Crippen LogP contribution in [0.3, 0.4) is 0 Å². The predicted octanol–water partition coefficient (Wildman–Crippen LogP) is 4.43. The van der Waals surface area contributed by atoms with Gasteiger partial charge in [0.1, 0.15) is 12.9 Å². The number of carbonyl (C=O) groups is 1. The number of ether oxygens (including phenoxy) is 2. The fourth-order valence-electron chi connectivity index (χ4n) is 1.83. The van der Waals surface area contributed by atoms with Crippen LogP contribution in [0.15, 0.2) is 23.4 Å². The number of hydrogen-bond acceptors (Lipinski definition) is 5. The maximum atomic E-state index is 14.0. The molecule has 0 fully saturated rings. The largest absolute Gasteiger partial charge is 0.462 e. The van der Waals surface area contributed by atoms with Gasteiger partial charge in [0.2, 0.25) is 0 Å². The fourth-order valence-corrected chi connectivity index (χ4v) is 1.83. The van der Waals surface area contributed by atoms with Crippen LogP contribution in [-0.2, 0) is 20.3 Å². The highest BCUT2D eigenvalue weighted by molar-refractivity contribution is 6.33. The van der Waals surface area contributed by atoms with Gasteiger partial charge in [0.15, 0.2) is 0 Å². The van der Waals surface area contributed by atoms with E-state index in [4.69, 9.17) is 4.74 Å². The lowest BCUT2D eigenvalue weighted by molar-refractivity contribution is -0.399.